The summed E-state index contributed by atoms with van der Waals surface area (Å²) >= 11 is 0. The quantitative estimate of drug-likeness (QED) is 0.727. The van der Waals surface area contributed by atoms with Crippen LogP contribution >= 0.6 is 0 Å². The van der Waals surface area contributed by atoms with Gasteiger partial charge in [0.25, 0.3) is 0 Å². The zero-order valence-electron chi connectivity index (χ0n) is 12.8. The van der Waals surface area contributed by atoms with Crippen LogP contribution in [-0.2, 0) is 6.54 Å². The highest BCUT2D eigenvalue weighted by Gasteiger charge is 2.17. The summed E-state index contributed by atoms with van der Waals surface area (Å²) in [6.45, 7) is 2.30. The highest BCUT2D eigenvalue weighted by molar-refractivity contribution is 5.49. The van der Waals surface area contributed by atoms with E-state index >= 15 is 0 Å². The highest BCUT2D eigenvalue weighted by atomic mass is 16.4. The van der Waals surface area contributed by atoms with E-state index in [-0.39, 0.29) is 6.04 Å². The van der Waals surface area contributed by atoms with E-state index in [9.17, 15) is 5.11 Å². The molecule has 23 heavy (non-hydrogen) atoms. The number of aliphatic hydroxyl groups is 1. The van der Waals surface area contributed by atoms with Gasteiger partial charge in [-0.1, -0.05) is 30.3 Å². The number of pyridine rings is 1. The van der Waals surface area contributed by atoms with E-state index in [4.69, 9.17) is 4.42 Å². The Bertz CT molecular complexity index is 731. The van der Waals surface area contributed by atoms with Crippen LogP contribution in [0.5, 0.6) is 0 Å². The largest absolute Gasteiger partial charge is 0.419 e. The molecule has 0 fully saturated rings. The molecule has 0 bridgehead atoms. The van der Waals surface area contributed by atoms with Crippen molar-refractivity contribution in [3.63, 3.8) is 0 Å². The second-order valence-electron chi connectivity index (χ2n) is 5.27. The summed E-state index contributed by atoms with van der Waals surface area (Å²) in [7, 11) is 0. The Morgan fingerprint density at radius 1 is 1.13 bits per heavy atom. The fraction of sp³-hybridized carbons (Fsp3) is 0.235. The Morgan fingerprint density at radius 2 is 1.96 bits per heavy atom. The molecule has 2 aromatic heterocycles. The summed E-state index contributed by atoms with van der Waals surface area (Å²) in [4.78, 5) is 4.02. The lowest BCUT2D eigenvalue weighted by Gasteiger charge is -2.19. The molecule has 0 spiro atoms. The Morgan fingerprint density at radius 3 is 2.70 bits per heavy atom. The van der Waals surface area contributed by atoms with Crippen LogP contribution in [0.25, 0.3) is 11.5 Å². The molecule has 3 rings (SSSR count). The van der Waals surface area contributed by atoms with Crippen molar-refractivity contribution in [1.29, 1.82) is 0 Å². The molecule has 0 saturated carbocycles. The molecule has 0 radical (unpaired) electrons. The van der Waals surface area contributed by atoms with Crippen LogP contribution in [-0.4, -0.2) is 26.3 Å². The van der Waals surface area contributed by atoms with Gasteiger partial charge < -0.3 is 14.8 Å². The van der Waals surface area contributed by atoms with Gasteiger partial charge in [-0.25, -0.2) is 0 Å². The minimum absolute atomic E-state index is 0.147. The number of nitrogens with zero attached hydrogens (tertiary/aromatic N) is 3. The average molecular weight is 310 g/mol. The molecule has 0 aliphatic carbocycles. The first-order valence-corrected chi connectivity index (χ1v) is 7.43. The number of hydrogen-bond donors (Lipinski definition) is 2. The molecule has 118 valence electrons. The van der Waals surface area contributed by atoms with E-state index in [1.807, 2.05) is 49.4 Å². The monoisotopic (exact) mass is 310 g/mol. The second kappa shape index (κ2) is 7.13. The Balaban J connectivity index is 1.59. The van der Waals surface area contributed by atoms with Gasteiger partial charge in [0.05, 0.1) is 18.2 Å². The van der Waals surface area contributed by atoms with Crippen molar-refractivity contribution in [3.8, 4) is 11.5 Å². The molecular formula is C17H18N4O2. The van der Waals surface area contributed by atoms with Crippen molar-refractivity contribution in [2.24, 2.45) is 0 Å². The molecule has 0 saturated heterocycles. The molecular weight excluding hydrogens is 292 g/mol. The first-order valence-electron chi connectivity index (χ1n) is 7.43. The van der Waals surface area contributed by atoms with Gasteiger partial charge >= 0.3 is 0 Å². The van der Waals surface area contributed by atoms with Gasteiger partial charge in [0.1, 0.15) is 0 Å². The van der Waals surface area contributed by atoms with E-state index in [2.05, 4.69) is 20.5 Å². The molecule has 3 aromatic rings. The van der Waals surface area contributed by atoms with Crippen LogP contribution in [0.4, 0.5) is 0 Å². The van der Waals surface area contributed by atoms with Crippen LogP contribution in [0, 0.1) is 0 Å². The summed E-state index contributed by atoms with van der Waals surface area (Å²) in [5.41, 5.74) is 1.65. The van der Waals surface area contributed by atoms with E-state index in [1.54, 1.807) is 12.4 Å². The summed E-state index contributed by atoms with van der Waals surface area (Å²) in [6, 6.07) is 13.1. The van der Waals surface area contributed by atoms with Crippen molar-refractivity contribution in [2.75, 3.05) is 0 Å². The molecule has 2 heterocycles. The van der Waals surface area contributed by atoms with Gasteiger partial charge in [0.2, 0.25) is 11.8 Å². The smallest absolute Gasteiger partial charge is 0.249 e. The maximum atomic E-state index is 10.3. The fourth-order valence-electron chi connectivity index (χ4n) is 2.23. The number of nitrogens with one attached hydrogen (secondary N) is 1. The lowest BCUT2D eigenvalue weighted by atomic mass is 10.0. The molecule has 0 amide bonds. The number of aromatic nitrogens is 3. The molecule has 6 heteroatoms. The minimum atomic E-state index is -0.600. The number of aliphatic hydroxyl groups excluding tert-OH is 1. The third kappa shape index (κ3) is 3.80. The van der Waals surface area contributed by atoms with Gasteiger partial charge in [-0.05, 0) is 24.6 Å². The first-order chi connectivity index (χ1) is 11.2. The van der Waals surface area contributed by atoms with Gasteiger partial charge in [0, 0.05) is 18.4 Å². The van der Waals surface area contributed by atoms with Crippen LogP contribution in [0.1, 0.15) is 24.5 Å². The predicted molar refractivity (Wildman–Crippen MR) is 85.2 cm³/mol. The first kappa shape index (κ1) is 15.3. The molecule has 2 N–H and O–H groups in total. The van der Waals surface area contributed by atoms with Crippen LogP contribution in [0.3, 0.4) is 0 Å². The number of rotatable bonds is 6. The summed E-state index contributed by atoms with van der Waals surface area (Å²) < 4.78 is 5.60. The standard InChI is InChI=1S/C17H18N4O2/c1-12(16(22)13-6-3-2-4-7-13)19-11-15-20-21-17(23-15)14-8-5-9-18-10-14/h2-10,12,16,19,22H,11H2,1H3. The van der Waals surface area contributed by atoms with Crippen molar-refractivity contribution in [3.05, 3.63) is 66.3 Å². The Hall–Kier alpha value is -2.57. The van der Waals surface area contributed by atoms with Gasteiger partial charge in [0.15, 0.2) is 0 Å². The number of benzene rings is 1. The maximum absolute atomic E-state index is 10.3. The molecule has 1 aromatic carbocycles. The average Bonchev–Trinajstić information content (AvgIpc) is 3.09. The van der Waals surface area contributed by atoms with E-state index in [0.717, 1.165) is 11.1 Å². The fourth-order valence-corrected chi connectivity index (χ4v) is 2.23. The molecule has 0 aliphatic heterocycles. The van der Waals surface area contributed by atoms with Crippen molar-refractivity contribution >= 4 is 0 Å². The van der Waals surface area contributed by atoms with Crippen LogP contribution in [0.2, 0.25) is 0 Å². The Kier molecular flexibility index (Phi) is 4.75. The molecule has 2 atom stereocenters. The highest BCUT2D eigenvalue weighted by Crippen LogP contribution is 2.18. The minimum Gasteiger partial charge on any atom is -0.419 e. The van der Waals surface area contributed by atoms with Crippen LogP contribution < -0.4 is 5.32 Å². The summed E-state index contributed by atoms with van der Waals surface area (Å²) in [5, 5.41) is 21.5. The summed E-state index contributed by atoms with van der Waals surface area (Å²) in [5.74, 6) is 0.905. The van der Waals surface area contributed by atoms with E-state index < -0.39 is 6.10 Å². The van der Waals surface area contributed by atoms with Crippen molar-refractivity contribution in [1.82, 2.24) is 20.5 Å². The van der Waals surface area contributed by atoms with Crippen LogP contribution in [0.15, 0.2) is 59.3 Å². The molecule has 0 aliphatic rings. The van der Waals surface area contributed by atoms with E-state index in [1.165, 1.54) is 0 Å². The normalized spacial score (nSPS) is 13.7. The lowest BCUT2D eigenvalue weighted by molar-refractivity contribution is 0.134. The molecule has 6 nitrogen and oxygen atoms in total. The Labute approximate surface area is 134 Å². The van der Waals surface area contributed by atoms with Gasteiger partial charge in [-0.15, -0.1) is 10.2 Å². The topological polar surface area (TPSA) is 84.1 Å². The lowest BCUT2D eigenvalue weighted by Crippen LogP contribution is -2.31. The second-order valence-corrected chi connectivity index (χ2v) is 5.27. The predicted octanol–water partition coefficient (Wildman–Crippen LogP) is 2.34. The van der Waals surface area contributed by atoms with Crippen molar-refractivity contribution < 1.29 is 9.52 Å². The number of hydrogen-bond acceptors (Lipinski definition) is 6. The van der Waals surface area contributed by atoms with E-state index in [0.29, 0.717) is 18.3 Å². The third-order valence-electron chi connectivity index (χ3n) is 3.57. The maximum Gasteiger partial charge on any atom is 0.249 e. The summed E-state index contributed by atoms with van der Waals surface area (Å²) in [6.07, 6.45) is 2.76. The molecule has 2 unspecified atom stereocenters. The van der Waals surface area contributed by atoms with Gasteiger partial charge in [-0.2, -0.15) is 0 Å². The zero-order valence-corrected chi connectivity index (χ0v) is 12.8. The van der Waals surface area contributed by atoms with Gasteiger partial charge in [-0.3, -0.25) is 4.98 Å². The SMILES string of the molecule is CC(NCc1nnc(-c2cccnc2)o1)C(O)c1ccccc1. The third-order valence-corrected chi connectivity index (χ3v) is 3.57. The zero-order chi connectivity index (χ0) is 16.1. The van der Waals surface area contributed by atoms with Crippen molar-refractivity contribution in [2.45, 2.75) is 25.6 Å².